The molecule has 0 aromatic heterocycles. The van der Waals surface area contributed by atoms with Crippen LogP contribution in [0.3, 0.4) is 0 Å². The summed E-state index contributed by atoms with van der Waals surface area (Å²) in [5.41, 5.74) is 2.46. The number of benzene rings is 3. The van der Waals surface area contributed by atoms with E-state index in [0.717, 1.165) is 16.7 Å². The average Bonchev–Trinajstić information content (AvgIpc) is 2.81. The van der Waals surface area contributed by atoms with Crippen molar-refractivity contribution in [1.82, 2.24) is 0 Å². The van der Waals surface area contributed by atoms with Crippen molar-refractivity contribution in [3.63, 3.8) is 0 Å². The van der Waals surface area contributed by atoms with Crippen LogP contribution in [0.25, 0.3) is 6.08 Å². The average molecular weight is 398 g/mol. The lowest BCUT2D eigenvalue weighted by Gasteiger charge is -2.09. The molecule has 4 heteroatoms. The van der Waals surface area contributed by atoms with E-state index >= 15 is 0 Å². The highest BCUT2D eigenvalue weighted by Gasteiger charge is 2.21. The number of allylic oxidation sites excluding steroid dienone is 2. The largest absolute Gasteiger partial charge is 0.457 e. The lowest BCUT2D eigenvalue weighted by molar-refractivity contribution is -0.148. The van der Waals surface area contributed by atoms with Crippen LogP contribution in [-0.4, -0.2) is 11.9 Å². The smallest absolute Gasteiger partial charge is 0.345 e. The normalized spacial score (nSPS) is 10.4. The van der Waals surface area contributed by atoms with Gasteiger partial charge in [0.05, 0.1) is 0 Å². The summed E-state index contributed by atoms with van der Waals surface area (Å²) in [5.74, 6) is -1.45. The minimum absolute atomic E-state index is 0.0748. The Morgan fingerprint density at radius 3 is 1.53 bits per heavy atom. The number of carbonyl (C=O) groups is 2. The number of hydrogen-bond donors (Lipinski definition) is 0. The molecule has 30 heavy (non-hydrogen) atoms. The standard InChI is InChI=1S/C26H22O4/c27-25(29-19-22-13-6-2-7-14-22)24(18-10-17-21-11-4-1-5-12-21)26(28)30-20-23-15-8-3-9-16-23/h1-18H,19-20H2/b17-10-. The van der Waals surface area contributed by atoms with Gasteiger partial charge in [-0.1, -0.05) is 103 Å². The maximum absolute atomic E-state index is 12.6. The molecule has 0 heterocycles. The third-order valence-corrected chi connectivity index (χ3v) is 4.22. The minimum Gasteiger partial charge on any atom is -0.457 e. The highest BCUT2D eigenvalue weighted by Crippen LogP contribution is 2.10. The lowest BCUT2D eigenvalue weighted by Crippen LogP contribution is -2.18. The maximum Gasteiger partial charge on any atom is 0.345 e. The van der Waals surface area contributed by atoms with Crippen LogP contribution >= 0.6 is 0 Å². The molecule has 0 radical (unpaired) electrons. The predicted octanol–water partition coefficient (Wildman–Crippen LogP) is 5.11. The van der Waals surface area contributed by atoms with Gasteiger partial charge in [0.2, 0.25) is 0 Å². The minimum atomic E-state index is -0.727. The highest BCUT2D eigenvalue weighted by molar-refractivity contribution is 6.14. The van der Waals surface area contributed by atoms with E-state index in [1.54, 1.807) is 12.2 Å². The van der Waals surface area contributed by atoms with Crippen LogP contribution in [0, 0.1) is 0 Å². The van der Waals surface area contributed by atoms with E-state index in [0.29, 0.717) is 0 Å². The Balaban J connectivity index is 1.71. The van der Waals surface area contributed by atoms with Crippen molar-refractivity contribution in [3.05, 3.63) is 125 Å². The fourth-order valence-corrected chi connectivity index (χ4v) is 2.64. The van der Waals surface area contributed by atoms with E-state index in [1.807, 2.05) is 91.0 Å². The van der Waals surface area contributed by atoms with Crippen molar-refractivity contribution >= 4 is 18.0 Å². The molecule has 0 aliphatic rings. The molecule has 0 N–H and O–H groups in total. The van der Waals surface area contributed by atoms with Gasteiger partial charge in [0.15, 0.2) is 0 Å². The number of rotatable bonds is 8. The Bertz CT molecular complexity index is 949. The Hall–Kier alpha value is -3.92. The third-order valence-electron chi connectivity index (χ3n) is 4.22. The van der Waals surface area contributed by atoms with Crippen LogP contribution in [0.15, 0.2) is 109 Å². The molecule has 0 saturated carbocycles. The van der Waals surface area contributed by atoms with Gasteiger partial charge in [-0.05, 0) is 22.8 Å². The number of hydrogen-bond acceptors (Lipinski definition) is 4. The molecular formula is C26H22O4. The first-order valence-corrected chi connectivity index (χ1v) is 9.58. The number of ether oxygens (including phenoxy) is 2. The van der Waals surface area contributed by atoms with Gasteiger partial charge in [0.1, 0.15) is 18.8 Å². The third kappa shape index (κ3) is 6.60. The summed E-state index contributed by atoms with van der Waals surface area (Å²) < 4.78 is 10.6. The quantitative estimate of drug-likeness (QED) is 0.174. The molecule has 0 spiro atoms. The van der Waals surface area contributed by atoms with Crippen LogP contribution in [0.5, 0.6) is 0 Å². The van der Waals surface area contributed by atoms with E-state index in [4.69, 9.17) is 9.47 Å². The fourth-order valence-electron chi connectivity index (χ4n) is 2.64. The molecular weight excluding hydrogens is 376 g/mol. The summed E-state index contributed by atoms with van der Waals surface area (Å²) in [6.07, 6.45) is 4.86. The van der Waals surface area contributed by atoms with Crippen molar-refractivity contribution in [2.45, 2.75) is 13.2 Å². The van der Waals surface area contributed by atoms with Crippen LogP contribution in [0.4, 0.5) is 0 Å². The van der Waals surface area contributed by atoms with Crippen LogP contribution in [0.2, 0.25) is 0 Å². The van der Waals surface area contributed by atoms with Crippen LogP contribution in [0.1, 0.15) is 16.7 Å². The van der Waals surface area contributed by atoms with Crippen molar-refractivity contribution in [2.24, 2.45) is 0 Å². The molecule has 0 fully saturated rings. The molecule has 0 saturated heterocycles. The molecule has 0 amide bonds. The van der Waals surface area contributed by atoms with E-state index in [2.05, 4.69) is 0 Å². The van der Waals surface area contributed by atoms with Gasteiger partial charge in [-0.15, -0.1) is 0 Å². The van der Waals surface area contributed by atoms with Gasteiger partial charge < -0.3 is 9.47 Å². The zero-order valence-corrected chi connectivity index (χ0v) is 16.4. The molecule has 150 valence electrons. The topological polar surface area (TPSA) is 52.6 Å². The second-order valence-corrected chi connectivity index (χ2v) is 6.47. The van der Waals surface area contributed by atoms with Gasteiger partial charge >= 0.3 is 11.9 Å². The van der Waals surface area contributed by atoms with Crippen LogP contribution < -0.4 is 0 Å². The summed E-state index contributed by atoms with van der Waals surface area (Å²) in [7, 11) is 0. The Morgan fingerprint density at radius 2 is 1.07 bits per heavy atom. The molecule has 0 aliphatic heterocycles. The summed E-state index contributed by atoms with van der Waals surface area (Å²) in [6, 6.07) is 28.2. The van der Waals surface area contributed by atoms with E-state index in [9.17, 15) is 9.59 Å². The van der Waals surface area contributed by atoms with Gasteiger partial charge in [-0.25, -0.2) is 9.59 Å². The van der Waals surface area contributed by atoms with Crippen molar-refractivity contribution < 1.29 is 19.1 Å². The van der Waals surface area contributed by atoms with E-state index in [1.165, 1.54) is 6.08 Å². The van der Waals surface area contributed by atoms with Crippen molar-refractivity contribution in [1.29, 1.82) is 0 Å². The highest BCUT2D eigenvalue weighted by atomic mass is 16.6. The SMILES string of the molecule is O=C(OCc1ccccc1)C(=C/C=C\c1ccccc1)C(=O)OCc1ccccc1. The number of carbonyl (C=O) groups excluding carboxylic acids is 2. The first kappa shape index (κ1) is 20.8. The molecule has 0 bridgehead atoms. The molecule has 0 aliphatic carbocycles. The molecule has 3 rings (SSSR count). The molecule has 3 aromatic rings. The zero-order chi connectivity index (χ0) is 21.0. The Labute approximate surface area is 176 Å². The van der Waals surface area contributed by atoms with E-state index < -0.39 is 11.9 Å². The number of esters is 2. The zero-order valence-electron chi connectivity index (χ0n) is 16.4. The van der Waals surface area contributed by atoms with Crippen molar-refractivity contribution in [3.8, 4) is 0 Å². The molecule has 4 nitrogen and oxygen atoms in total. The van der Waals surface area contributed by atoms with Gasteiger partial charge in [0, 0.05) is 0 Å². The van der Waals surface area contributed by atoms with Gasteiger partial charge in [0.25, 0.3) is 0 Å². The molecule has 0 unspecified atom stereocenters. The summed E-state index contributed by atoms with van der Waals surface area (Å²) in [6.45, 7) is 0.150. The van der Waals surface area contributed by atoms with Gasteiger partial charge in [-0.2, -0.15) is 0 Å². The molecule has 3 aromatic carbocycles. The summed E-state index contributed by atoms with van der Waals surface area (Å²) >= 11 is 0. The Morgan fingerprint density at radius 1 is 0.633 bits per heavy atom. The van der Waals surface area contributed by atoms with E-state index in [-0.39, 0.29) is 18.8 Å². The van der Waals surface area contributed by atoms with Crippen molar-refractivity contribution in [2.75, 3.05) is 0 Å². The summed E-state index contributed by atoms with van der Waals surface area (Å²) in [4.78, 5) is 25.2. The summed E-state index contributed by atoms with van der Waals surface area (Å²) in [5, 5.41) is 0. The monoisotopic (exact) mass is 398 g/mol. The first-order chi connectivity index (χ1) is 14.7. The maximum atomic E-state index is 12.6. The van der Waals surface area contributed by atoms with Gasteiger partial charge in [-0.3, -0.25) is 0 Å². The lowest BCUT2D eigenvalue weighted by atomic mass is 10.2. The van der Waals surface area contributed by atoms with Crippen LogP contribution in [-0.2, 0) is 32.3 Å². The predicted molar refractivity (Wildman–Crippen MR) is 116 cm³/mol. The second-order valence-electron chi connectivity index (χ2n) is 6.47. The fraction of sp³-hybridized carbons (Fsp3) is 0.0769. The first-order valence-electron chi connectivity index (χ1n) is 9.58. The second kappa shape index (κ2) is 11.2. The molecule has 0 atom stereocenters. The Kier molecular flexibility index (Phi) is 7.75.